The zero-order chi connectivity index (χ0) is 14.7. The van der Waals surface area contributed by atoms with Gasteiger partial charge in [0.25, 0.3) is 0 Å². The number of aliphatic imine (C=N–C) groups is 1. The van der Waals surface area contributed by atoms with Gasteiger partial charge < -0.3 is 15.2 Å². The van der Waals surface area contributed by atoms with E-state index in [1.165, 1.54) is 25.7 Å². The Hall–Kier alpha value is -0.860. The average Bonchev–Trinajstić information content (AvgIpc) is 3.13. The molecule has 0 saturated heterocycles. The number of guanidine groups is 1. The topological polar surface area (TPSA) is 67.1 Å². The van der Waals surface area contributed by atoms with Crippen LogP contribution in [0.4, 0.5) is 0 Å². The SMILES string of the molecule is CN=C(NCCc1nnc2n1CCCCC2)NC1CC1C.I. The van der Waals surface area contributed by atoms with Crippen molar-refractivity contribution in [3.8, 4) is 0 Å². The summed E-state index contributed by atoms with van der Waals surface area (Å²) in [5.41, 5.74) is 0. The largest absolute Gasteiger partial charge is 0.356 e. The third kappa shape index (κ3) is 4.33. The van der Waals surface area contributed by atoms with Gasteiger partial charge in [0.2, 0.25) is 0 Å². The lowest BCUT2D eigenvalue weighted by Crippen LogP contribution is -2.40. The number of nitrogens with one attached hydrogen (secondary N) is 2. The highest BCUT2D eigenvalue weighted by atomic mass is 127. The van der Waals surface area contributed by atoms with E-state index in [-0.39, 0.29) is 24.0 Å². The highest BCUT2D eigenvalue weighted by Crippen LogP contribution is 2.28. The molecule has 7 heteroatoms. The quantitative estimate of drug-likeness (QED) is 0.444. The van der Waals surface area contributed by atoms with Crippen molar-refractivity contribution in [1.29, 1.82) is 0 Å². The molecule has 0 spiro atoms. The molecule has 2 atom stereocenters. The number of hydrogen-bond donors (Lipinski definition) is 2. The molecule has 1 aliphatic heterocycles. The molecule has 2 aliphatic rings. The van der Waals surface area contributed by atoms with Crippen LogP contribution in [0.25, 0.3) is 0 Å². The van der Waals surface area contributed by atoms with E-state index in [4.69, 9.17) is 0 Å². The Morgan fingerprint density at radius 1 is 1.32 bits per heavy atom. The molecule has 0 radical (unpaired) electrons. The molecule has 1 fully saturated rings. The van der Waals surface area contributed by atoms with Gasteiger partial charge in [-0.2, -0.15) is 0 Å². The second-order valence-corrected chi connectivity index (χ2v) is 6.21. The predicted molar refractivity (Wildman–Crippen MR) is 98.8 cm³/mol. The number of nitrogens with zero attached hydrogens (tertiary/aromatic N) is 4. The number of fused-ring (bicyclic) bond motifs is 1. The minimum absolute atomic E-state index is 0. The minimum atomic E-state index is 0. The predicted octanol–water partition coefficient (Wildman–Crippen LogP) is 1.74. The monoisotopic (exact) mass is 418 g/mol. The minimum Gasteiger partial charge on any atom is -0.356 e. The maximum Gasteiger partial charge on any atom is 0.191 e. The maximum atomic E-state index is 4.36. The summed E-state index contributed by atoms with van der Waals surface area (Å²) in [7, 11) is 1.82. The maximum absolute atomic E-state index is 4.36. The van der Waals surface area contributed by atoms with Crippen molar-refractivity contribution in [2.45, 2.75) is 58.0 Å². The van der Waals surface area contributed by atoms with Gasteiger partial charge in [0.15, 0.2) is 5.96 Å². The van der Waals surface area contributed by atoms with E-state index in [1.807, 2.05) is 7.05 Å². The fraction of sp³-hybridized carbons (Fsp3) is 0.800. The molecule has 0 aromatic carbocycles. The summed E-state index contributed by atoms with van der Waals surface area (Å²) >= 11 is 0. The van der Waals surface area contributed by atoms with Gasteiger partial charge in [-0.15, -0.1) is 34.2 Å². The van der Waals surface area contributed by atoms with Gasteiger partial charge >= 0.3 is 0 Å². The average molecular weight is 418 g/mol. The van der Waals surface area contributed by atoms with Crippen LogP contribution in [-0.4, -0.2) is 40.4 Å². The molecule has 2 unspecified atom stereocenters. The van der Waals surface area contributed by atoms with Crippen molar-refractivity contribution in [2.24, 2.45) is 10.9 Å². The molecule has 1 aliphatic carbocycles. The van der Waals surface area contributed by atoms with Gasteiger partial charge in [-0.05, 0) is 25.2 Å². The van der Waals surface area contributed by atoms with E-state index in [1.54, 1.807) is 0 Å². The lowest BCUT2D eigenvalue weighted by atomic mass is 10.2. The Kier molecular flexibility index (Phi) is 6.46. The summed E-state index contributed by atoms with van der Waals surface area (Å²) in [5, 5.41) is 15.5. The van der Waals surface area contributed by atoms with Crippen LogP contribution in [0.15, 0.2) is 4.99 Å². The molecule has 22 heavy (non-hydrogen) atoms. The summed E-state index contributed by atoms with van der Waals surface area (Å²) in [6.07, 6.45) is 7.01. The van der Waals surface area contributed by atoms with Crippen molar-refractivity contribution in [2.75, 3.05) is 13.6 Å². The molecule has 3 rings (SSSR count). The van der Waals surface area contributed by atoms with Crippen LogP contribution in [-0.2, 0) is 19.4 Å². The molecule has 1 aromatic heterocycles. The standard InChI is InChI=1S/C15H26N6.HI/c1-11-10-12(11)18-15(16-2)17-8-7-14-20-19-13-6-4-3-5-9-21(13)14;/h11-12H,3-10H2,1-2H3,(H2,16,17,18);1H. The van der Waals surface area contributed by atoms with Crippen LogP contribution in [0.3, 0.4) is 0 Å². The van der Waals surface area contributed by atoms with Crippen LogP contribution in [0, 0.1) is 5.92 Å². The van der Waals surface area contributed by atoms with E-state index in [2.05, 4.69) is 37.3 Å². The first kappa shape index (κ1) is 17.5. The third-order valence-corrected chi connectivity index (χ3v) is 4.48. The number of aryl methyl sites for hydroxylation is 1. The highest BCUT2D eigenvalue weighted by molar-refractivity contribution is 14.0. The smallest absolute Gasteiger partial charge is 0.191 e. The summed E-state index contributed by atoms with van der Waals surface area (Å²) < 4.78 is 2.31. The Morgan fingerprint density at radius 2 is 2.14 bits per heavy atom. The van der Waals surface area contributed by atoms with Gasteiger partial charge in [0.1, 0.15) is 11.6 Å². The summed E-state index contributed by atoms with van der Waals surface area (Å²) in [4.78, 5) is 4.28. The number of halogens is 1. The van der Waals surface area contributed by atoms with Crippen LogP contribution in [0.1, 0.15) is 44.3 Å². The Balaban J connectivity index is 0.00000176. The lowest BCUT2D eigenvalue weighted by Gasteiger charge is -2.12. The van der Waals surface area contributed by atoms with E-state index >= 15 is 0 Å². The summed E-state index contributed by atoms with van der Waals surface area (Å²) in [6, 6.07) is 0.598. The van der Waals surface area contributed by atoms with E-state index < -0.39 is 0 Å². The van der Waals surface area contributed by atoms with Crippen LogP contribution in [0.2, 0.25) is 0 Å². The van der Waals surface area contributed by atoms with Crippen molar-refractivity contribution in [1.82, 2.24) is 25.4 Å². The Bertz CT molecular complexity index is 512. The van der Waals surface area contributed by atoms with Crippen LogP contribution < -0.4 is 10.6 Å². The highest BCUT2D eigenvalue weighted by Gasteiger charge is 2.33. The van der Waals surface area contributed by atoms with Gasteiger partial charge in [0, 0.05) is 39.0 Å². The van der Waals surface area contributed by atoms with Gasteiger partial charge in [-0.1, -0.05) is 13.3 Å². The molecular formula is C15H27IN6. The van der Waals surface area contributed by atoms with E-state index in [0.717, 1.165) is 49.5 Å². The van der Waals surface area contributed by atoms with E-state index in [0.29, 0.717) is 6.04 Å². The van der Waals surface area contributed by atoms with Crippen molar-refractivity contribution >= 4 is 29.9 Å². The molecule has 6 nitrogen and oxygen atoms in total. The molecule has 124 valence electrons. The lowest BCUT2D eigenvalue weighted by molar-refractivity contribution is 0.600. The Morgan fingerprint density at radius 3 is 2.86 bits per heavy atom. The molecule has 2 heterocycles. The second-order valence-electron chi connectivity index (χ2n) is 6.21. The van der Waals surface area contributed by atoms with Crippen LogP contribution >= 0.6 is 24.0 Å². The first-order chi connectivity index (χ1) is 10.3. The molecular weight excluding hydrogens is 391 g/mol. The first-order valence-electron chi connectivity index (χ1n) is 8.16. The Labute approximate surface area is 149 Å². The van der Waals surface area contributed by atoms with Gasteiger partial charge in [-0.25, -0.2) is 0 Å². The zero-order valence-corrected chi connectivity index (χ0v) is 15.8. The number of rotatable bonds is 4. The summed E-state index contributed by atoms with van der Waals surface area (Å²) in [5.74, 6) is 3.95. The van der Waals surface area contributed by atoms with Gasteiger partial charge in [0.05, 0.1) is 0 Å². The zero-order valence-electron chi connectivity index (χ0n) is 13.5. The molecule has 0 amide bonds. The molecule has 2 N–H and O–H groups in total. The fourth-order valence-electron chi connectivity index (χ4n) is 2.92. The fourth-order valence-corrected chi connectivity index (χ4v) is 2.92. The number of hydrogen-bond acceptors (Lipinski definition) is 3. The van der Waals surface area contributed by atoms with Crippen molar-refractivity contribution in [3.05, 3.63) is 11.6 Å². The van der Waals surface area contributed by atoms with Crippen molar-refractivity contribution in [3.63, 3.8) is 0 Å². The first-order valence-corrected chi connectivity index (χ1v) is 8.16. The second kappa shape index (κ2) is 8.12. The normalized spacial score (nSPS) is 24.0. The number of aromatic nitrogens is 3. The molecule has 1 saturated carbocycles. The van der Waals surface area contributed by atoms with E-state index in [9.17, 15) is 0 Å². The van der Waals surface area contributed by atoms with Crippen LogP contribution in [0.5, 0.6) is 0 Å². The van der Waals surface area contributed by atoms with Crippen molar-refractivity contribution < 1.29 is 0 Å². The summed E-state index contributed by atoms with van der Waals surface area (Å²) in [6.45, 7) is 4.18. The molecule has 0 bridgehead atoms. The molecule has 1 aromatic rings. The van der Waals surface area contributed by atoms with Gasteiger partial charge in [-0.3, -0.25) is 4.99 Å². The third-order valence-electron chi connectivity index (χ3n) is 4.48.